The van der Waals surface area contributed by atoms with Crippen LogP contribution in [0.4, 0.5) is 0 Å². The maximum absolute atomic E-state index is 10.9. The number of nitrogens with one attached hydrogen (secondary N) is 1. The molecule has 0 aliphatic rings. The molecule has 0 fully saturated rings. The van der Waals surface area contributed by atoms with Gasteiger partial charge in [-0.25, -0.2) is 13.2 Å². The largest absolute Gasteiger partial charge is 0.417 e. The van der Waals surface area contributed by atoms with Crippen LogP contribution in [0.5, 0.6) is 0 Å². The summed E-state index contributed by atoms with van der Waals surface area (Å²) in [6.07, 6.45) is 0. The average molecular weight is 234 g/mol. The van der Waals surface area contributed by atoms with E-state index < -0.39 is 14.8 Å². The molecule has 0 unspecified atom stereocenters. The number of aromatic nitrogens is 1. The predicted octanol–water partition coefficient (Wildman–Crippen LogP) is 1.05. The zero-order valence-corrected chi connectivity index (χ0v) is 8.22. The van der Waals surface area contributed by atoms with Crippen LogP contribution in [-0.4, -0.2) is 13.4 Å². The first-order chi connectivity index (χ1) is 6.47. The number of aromatic amines is 1. The minimum Gasteiger partial charge on any atom is -0.408 e. The molecule has 7 heteroatoms. The monoisotopic (exact) mass is 233 g/mol. The normalized spacial score (nSPS) is 12.1. The first kappa shape index (κ1) is 9.29. The first-order valence-corrected chi connectivity index (χ1v) is 5.85. The third-order valence-corrected chi connectivity index (χ3v) is 3.02. The summed E-state index contributed by atoms with van der Waals surface area (Å²) >= 11 is 0. The molecule has 0 bridgehead atoms. The molecule has 2 aromatic rings. The fourth-order valence-corrected chi connectivity index (χ4v) is 1.86. The smallest absolute Gasteiger partial charge is 0.408 e. The molecule has 14 heavy (non-hydrogen) atoms. The molecular weight excluding hydrogens is 230 g/mol. The maximum Gasteiger partial charge on any atom is 0.417 e. The summed E-state index contributed by atoms with van der Waals surface area (Å²) < 4.78 is 26.5. The fraction of sp³-hybridized carbons (Fsp3) is 0. The summed E-state index contributed by atoms with van der Waals surface area (Å²) in [5.41, 5.74) is 0.593. The third-order valence-electron chi connectivity index (χ3n) is 1.67. The molecule has 0 spiro atoms. The Morgan fingerprint density at radius 2 is 2.07 bits per heavy atom. The van der Waals surface area contributed by atoms with Gasteiger partial charge in [0.15, 0.2) is 5.58 Å². The van der Waals surface area contributed by atoms with Crippen molar-refractivity contribution >= 4 is 30.8 Å². The second-order valence-corrected chi connectivity index (χ2v) is 5.18. The van der Waals surface area contributed by atoms with Gasteiger partial charge in [0, 0.05) is 10.7 Å². The average Bonchev–Trinajstić information content (AvgIpc) is 2.41. The second kappa shape index (κ2) is 2.86. The van der Waals surface area contributed by atoms with Crippen LogP contribution in [0.2, 0.25) is 0 Å². The van der Waals surface area contributed by atoms with Gasteiger partial charge in [-0.2, -0.15) is 0 Å². The van der Waals surface area contributed by atoms with Crippen molar-refractivity contribution in [1.82, 2.24) is 4.98 Å². The highest BCUT2D eigenvalue weighted by atomic mass is 35.7. The highest BCUT2D eigenvalue weighted by molar-refractivity contribution is 8.13. The van der Waals surface area contributed by atoms with Gasteiger partial charge in [0.25, 0.3) is 9.05 Å². The molecular formula is C7H4ClNO4S. The van der Waals surface area contributed by atoms with Gasteiger partial charge in [0.2, 0.25) is 0 Å². The molecule has 0 aliphatic heterocycles. The minimum absolute atomic E-state index is 0.0799. The predicted molar refractivity (Wildman–Crippen MR) is 49.9 cm³/mol. The SMILES string of the molecule is O=c1[nH]c2cc(S(=O)(=O)Cl)ccc2o1. The highest BCUT2D eigenvalue weighted by Gasteiger charge is 2.11. The molecule has 2 rings (SSSR count). The van der Waals surface area contributed by atoms with Crippen LogP contribution in [0.15, 0.2) is 32.3 Å². The molecule has 1 N–H and O–H groups in total. The van der Waals surface area contributed by atoms with E-state index in [9.17, 15) is 13.2 Å². The lowest BCUT2D eigenvalue weighted by atomic mass is 10.3. The lowest BCUT2D eigenvalue weighted by Crippen LogP contribution is -1.93. The number of halogens is 1. The van der Waals surface area contributed by atoms with Crippen LogP contribution in [0.3, 0.4) is 0 Å². The molecule has 0 saturated heterocycles. The van der Waals surface area contributed by atoms with Gasteiger partial charge in [-0.1, -0.05) is 0 Å². The first-order valence-electron chi connectivity index (χ1n) is 3.54. The fourth-order valence-electron chi connectivity index (χ4n) is 1.08. The molecule has 1 heterocycles. The van der Waals surface area contributed by atoms with Crippen LogP contribution >= 0.6 is 10.7 Å². The summed E-state index contributed by atoms with van der Waals surface area (Å²) in [6, 6.07) is 3.87. The van der Waals surface area contributed by atoms with Crippen molar-refractivity contribution in [3.63, 3.8) is 0 Å². The standard InChI is InChI=1S/C7H4ClNO4S/c8-14(11,12)4-1-2-6-5(3-4)9-7(10)13-6/h1-3H,(H,9,10). The summed E-state index contributed by atoms with van der Waals surface area (Å²) in [5.74, 6) is -0.635. The zero-order valence-electron chi connectivity index (χ0n) is 6.65. The molecule has 5 nitrogen and oxygen atoms in total. The van der Waals surface area contributed by atoms with E-state index in [-0.39, 0.29) is 4.90 Å². The zero-order chi connectivity index (χ0) is 10.3. The van der Waals surface area contributed by atoms with E-state index in [1.165, 1.54) is 18.2 Å². The number of hydrogen-bond acceptors (Lipinski definition) is 4. The third kappa shape index (κ3) is 1.53. The number of H-pyrrole nitrogens is 1. The Balaban J connectivity index is 2.80. The van der Waals surface area contributed by atoms with Gasteiger partial charge in [0.1, 0.15) is 0 Å². The maximum atomic E-state index is 10.9. The second-order valence-electron chi connectivity index (χ2n) is 2.61. The van der Waals surface area contributed by atoms with Crippen molar-refractivity contribution in [2.45, 2.75) is 4.90 Å². The van der Waals surface area contributed by atoms with Crippen molar-refractivity contribution in [2.75, 3.05) is 0 Å². The van der Waals surface area contributed by atoms with E-state index in [2.05, 4.69) is 9.40 Å². The van der Waals surface area contributed by atoms with E-state index in [1.54, 1.807) is 0 Å². The van der Waals surface area contributed by atoms with E-state index in [0.717, 1.165) is 0 Å². The molecule has 0 atom stereocenters. The quantitative estimate of drug-likeness (QED) is 0.747. The highest BCUT2D eigenvalue weighted by Crippen LogP contribution is 2.19. The molecule has 74 valence electrons. The number of fused-ring (bicyclic) bond motifs is 1. The minimum atomic E-state index is -3.78. The van der Waals surface area contributed by atoms with Crippen LogP contribution in [-0.2, 0) is 9.05 Å². The Kier molecular flexibility index (Phi) is 1.90. The summed E-state index contributed by atoms with van der Waals surface area (Å²) in [4.78, 5) is 13.0. The van der Waals surface area contributed by atoms with E-state index in [0.29, 0.717) is 11.1 Å². The molecule has 0 aliphatic carbocycles. The lowest BCUT2D eigenvalue weighted by molar-refractivity contribution is 0.555. The molecule has 0 amide bonds. The Labute approximate surface area is 82.7 Å². The van der Waals surface area contributed by atoms with Gasteiger partial charge in [-0.05, 0) is 18.2 Å². The summed E-state index contributed by atoms with van der Waals surface area (Å²) in [7, 11) is 1.34. The van der Waals surface area contributed by atoms with Crippen molar-refractivity contribution in [3.05, 3.63) is 28.7 Å². The van der Waals surface area contributed by atoms with E-state index in [4.69, 9.17) is 10.7 Å². The number of rotatable bonds is 1. The van der Waals surface area contributed by atoms with Crippen LogP contribution in [0, 0.1) is 0 Å². The van der Waals surface area contributed by atoms with Crippen molar-refractivity contribution in [2.24, 2.45) is 0 Å². The van der Waals surface area contributed by atoms with E-state index in [1.807, 2.05) is 0 Å². The van der Waals surface area contributed by atoms with Crippen LogP contribution in [0.1, 0.15) is 0 Å². The summed E-state index contributed by atoms with van der Waals surface area (Å²) in [6.45, 7) is 0. The van der Waals surface area contributed by atoms with Crippen molar-refractivity contribution in [3.8, 4) is 0 Å². The molecule has 0 radical (unpaired) electrons. The number of benzene rings is 1. The van der Waals surface area contributed by atoms with Gasteiger partial charge < -0.3 is 4.42 Å². The molecule has 1 aromatic carbocycles. The topological polar surface area (TPSA) is 80.1 Å². The van der Waals surface area contributed by atoms with Crippen molar-refractivity contribution < 1.29 is 12.8 Å². The Morgan fingerprint density at radius 1 is 1.36 bits per heavy atom. The number of oxazole rings is 1. The molecule has 0 saturated carbocycles. The van der Waals surface area contributed by atoms with Gasteiger partial charge >= 0.3 is 5.76 Å². The van der Waals surface area contributed by atoms with Gasteiger partial charge in [-0.15, -0.1) is 0 Å². The Hall–Kier alpha value is -1.27. The van der Waals surface area contributed by atoms with Gasteiger partial charge in [-0.3, -0.25) is 4.98 Å². The van der Waals surface area contributed by atoms with Crippen LogP contribution < -0.4 is 5.76 Å². The Morgan fingerprint density at radius 3 is 2.71 bits per heavy atom. The van der Waals surface area contributed by atoms with Crippen LogP contribution in [0.25, 0.3) is 11.1 Å². The lowest BCUT2D eigenvalue weighted by Gasteiger charge is -1.93. The van der Waals surface area contributed by atoms with E-state index >= 15 is 0 Å². The Bertz CT molecular complexity index is 639. The van der Waals surface area contributed by atoms with Gasteiger partial charge in [0.05, 0.1) is 10.4 Å². The number of hydrogen-bond donors (Lipinski definition) is 1. The summed E-state index contributed by atoms with van der Waals surface area (Å²) in [5, 5.41) is 0. The van der Waals surface area contributed by atoms with Crippen molar-refractivity contribution in [1.29, 1.82) is 0 Å². The molecule has 1 aromatic heterocycles.